The average Bonchev–Trinajstić information content (AvgIpc) is 2.97. The van der Waals surface area contributed by atoms with Crippen LogP contribution in [-0.4, -0.2) is 40.7 Å². The average molecular weight is 309 g/mol. The van der Waals surface area contributed by atoms with Crippen molar-refractivity contribution >= 4 is 5.97 Å². The lowest BCUT2D eigenvalue weighted by Crippen LogP contribution is -2.40. The number of aromatic nitrogens is 2. The van der Waals surface area contributed by atoms with Crippen LogP contribution in [0.5, 0.6) is 0 Å². The number of ether oxygens (including phenoxy) is 1. The first-order valence-electron chi connectivity index (χ1n) is 8.07. The zero-order valence-corrected chi connectivity index (χ0v) is 14.3. The van der Waals surface area contributed by atoms with E-state index >= 15 is 0 Å². The minimum atomic E-state index is -0.128. The zero-order chi connectivity index (χ0) is 16.3. The van der Waals surface area contributed by atoms with Crippen LogP contribution in [0.2, 0.25) is 0 Å². The molecule has 0 bridgehead atoms. The standard InChI is InChI=1S/C16H27N3O3/c1-6-21-14(20)12-8-7-9-19(10-12)11(2)13-17-15(18-22-13)16(3,4)5/h11-12H,6-10H2,1-5H3/t11-,12-/m1/s1. The normalized spacial score (nSPS) is 21.6. The smallest absolute Gasteiger partial charge is 0.310 e. The topological polar surface area (TPSA) is 68.5 Å². The molecule has 124 valence electrons. The van der Waals surface area contributed by atoms with Crippen LogP contribution >= 0.6 is 0 Å². The summed E-state index contributed by atoms with van der Waals surface area (Å²) < 4.78 is 10.6. The summed E-state index contributed by atoms with van der Waals surface area (Å²) >= 11 is 0. The predicted octanol–water partition coefficient (Wildman–Crippen LogP) is 2.70. The Balaban J connectivity index is 2.04. The first-order valence-corrected chi connectivity index (χ1v) is 8.07. The molecule has 0 radical (unpaired) electrons. The molecule has 0 spiro atoms. The molecule has 0 amide bonds. The van der Waals surface area contributed by atoms with Gasteiger partial charge in [-0.1, -0.05) is 25.9 Å². The number of hydrogen-bond acceptors (Lipinski definition) is 6. The third-order valence-corrected chi connectivity index (χ3v) is 4.09. The van der Waals surface area contributed by atoms with Gasteiger partial charge in [-0.05, 0) is 33.2 Å². The third-order valence-electron chi connectivity index (χ3n) is 4.09. The van der Waals surface area contributed by atoms with Crippen molar-refractivity contribution in [1.29, 1.82) is 0 Å². The van der Waals surface area contributed by atoms with E-state index in [9.17, 15) is 4.79 Å². The van der Waals surface area contributed by atoms with E-state index in [1.165, 1.54) is 0 Å². The second kappa shape index (κ2) is 6.77. The van der Waals surface area contributed by atoms with Crippen molar-refractivity contribution in [1.82, 2.24) is 15.0 Å². The Morgan fingerprint density at radius 3 is 2.82 bits per heavy atom. The molecular formula is C16H27N3O3. The number of carbonyl (C=O) groups excluding carboxylic acids is 1. The summed E-state index contributed by atoms with van der Waals surface area (Å²) in [6, 6.07) is 0.0147. The van der Waals surface area contributed by atoms with Crippen molar-refractivity contribution in [2.24, 2.45) is 5.92 Å². The summed E-state index contributed by atoms with van der Waals surface area (Å²) in [4.78, 5) is 18.7. The van der Waals surface area contributed by atoms with Crippen LogP contribution in [-0.2, 0) is 14.9 Å². The van der Waals surface area contributed by atoms with Gasteiger partial charge < -0.3 is 9.26 Å². The van der Waals surface area contributed by atoms with Crippen molar-refractivity contribution in [2.45, 2.75) is 58.9 Å². The molecular weight excluding hydrogens is 282 g/mol. The highest BCUT2D eigenvalue weighted by molar-refractivity contribution is 5.72. The maximum Gasteiger partial charge on any atom is 0.310 e. The summed E-state index contributed by atoms with van der Waals surface area (Å²) in [5.41, 5.74) is -0.128. The molecule has 1 aromatic rings. The van der Waals surface area contributed by atoms with Gasteiger partial charge in [-0.3, -0.25) is 9.69 Å². The molecule has 1 aromatic heterocycles. The molecule has 6 nitrogen and oxygen atoms in total. The molecule has 1 fully saturated rings. The lowest BCUT2D eigenvalue weighted by Gasteiger charge is -2.34. The van der Waals surface area contributed by atoms with Crippen LogP contribution in [0.3, 0.4) is 0 Å². The molecule has 0 aliphatic carbocycles. The molecule has 1 aliphatic rings. The maximum absolute atomic E-state index is 11.9. The molecule has 0 N–H and O–H groups in total. The first-order chi connectivity index (χ1) is 10.3. The lowest BCUT2D eigenvalue weighted by molar-refractivity contribution is -0.150. The zero-order valence-electron chi connectivity index (χ0n) is 14.3. The maximum atomic E-state index is 11.9. The van der Waals surface area contributed by atoms with E-state index in [-0.39, 0.29) is 23.3 Å². The van der Waals surface area contributed by atoms with Crippen LogP contribution in [0.25, 0.3) is 0 Å². The van der Waals surface area contributed by atoms with E-state index in [1.54, 1.807) is 0 Å². The lowest BCUT2D eigenvalue weighted by atomic mass is 9.96. The van der Waals surface area contributed by atoms with Gasteiger partial charge in [-0.25, -0.2) is 0 Å². The minimum absolute atomic E-state index is 0.0147. The van der Waals surface area contributed by atoms with Gasteiger partial charge >= 0.3 is 5.97 Å². The molecule has 0 aromatic carbocycles. The van der Waals surface area contributed by atoms with Crippen LogP contribution in [0, 0.1) is 5.92 Å². The van der Waals surface area contributed by atoms with E-state index in [2.05, 4.69) is 35.8 Å². The molecule has 22 heavy (non-hydrogen) atoms. The van der Waals surface area contributed by atoms with Crippen LogP contribution in [0.4, 0.5) is 0 Å². The van der Waals surface area contributed by atoms with E-state index in [0.717, 1.165) is 19.4 Å². The highest BCUT2D eigenvalue weighted by atomic mass is 16.5. The van der Waals surface area contributed by atoms with Gasteiger partial charge in [0.05, 0.1) is 18.6 Å². The molecule has 0 saturated carbocycles. The molecule has 6 heteroatoms. The van der Waals surface area contributed by atoms with E-state index in [0.29, 0.717) is 24.9 Å². The fraction of sp³-hybridized carbons (Fsp3) is 0.812. The number of carbonyl (C=O) groups is 1. The Morgan fingerprint density at radius 2 is 2.23 bits per heavy atom. The summed E-state index contributed by atoms with van der Waals surface area (Å²) in [7, 11) is 0. The highest BCUT2D eigenvalue weighted by Crippen LogP contribution is 2.28. The number of likely N-dealkylation sites (tertiary alicyclic amines) is 1. The predicted molar refractivity (Wildman–Crippen MR) is 82.3 cm³/mol. The Labute approximate surface area is 132 Å². The Hall–Kier alpha value is -1.43. The van der Waals surface area contributed by atoms with Gasteiger partial charge in [0.2, 0.25) is 5.89 Å². The van der Waals surface area contributed by atoms with Gasteiger partial charge in [-0.2, -0.15) is 4.98 Å². The van der Waals surface area contributed by atoms with Crippen molar-refractivity contribution < 1.29 is 14.1 Å². The Bertz CT molecular complexity index is 507. The van der Waals surface area contributed by atoms with Gasteiger partial charge in [0.15, 0.2) is 5.82 Å². The number of nitrogens with zero attached hydrogens (tertiary/aromatic N) is 3. The molecule has 1 aliphatic heterocycles. The molecule has 2 atom stereocenters. The molecule has 0 unspecified atom stereocenters. The second-order valence-corrected chi connectivity index (χ2v) is 6.97. The van der Waals surface area contributed by atoms with E-state index in [4.69, 9.17) is 9.26 Å². The Kier molecular flexibility index (Phi) is 5.21. The quantitative estimate of drug-likeness (QED) is 0.797. The fourth-order valence-electron chi connectivity index (χ4n) is 2.68. The second-order valence-electron chi connectivity index (χ2n) is 6.97. The van der Waals surface area contributed by atoms with Gasteiger partial charge in [0.1, 0.15) is 0 Å². The molecule has 1 saturated heterocycles. The third kappa shape index (κ3) is 3.85. The SMILES string of the molecule is CCOC(=O)[C@@H]1CCCN([C@H](C)c2nc(C(C)(C)C)no2)C1. The largest absolute Gasteiger partial charge is 0.466 e. The van der Waals surface area contributed by atoms with Gasteiger partial charge in [0, 0.05) is 12.0 Å². The summed E-state index contributed by atoms with van der Waals surface area (Å²) in [5.74, 6) is 1.18. The van der Waals surface area contributed by atoms with Crippen molar-refractivity contribution in [2.75, 3.05) is 19.7 Å². The van der Waals surface area contributed by atoms with E-state index in [1.807, 2.05) is 13.8 Å². The Morgan fingerprint density at radius 1 is 1.50 bits per heavy atom. The summed E-state index contributed by atoms with van der Waals surface area (Å²) in [6.07, 6.45) is 1.87. The van der Waals surface area contributed by atoms with Gasteiger partial charge in [0.25, 0.3) is 0 Å². The van der Waals surface area contributed by atoms with Crippen LogP contribution < -0.4 is 0 Å². The van der Waals surface area contributed by atoms with Crippen molar-refractivity contribution in [3.05, 3.63) is 11.7 Å². The van der Waals surface area contributed by atoms with Gasteiger partial charge in [-0.15, -0.1) is 0 Å². The minimum Gasteiger partial charge on any atom is -0.466 e. The fourth-order valence-corrected chi connectivity index (χ4v) is 2.68. The van der Waals surface area contributed by atoms with Crippen LogP contribution in [0.1, 0.15) is 65.2 Å². The monoisotopic (exact) mass is 309 g/mol. The van der Waals surface area contributed by atoms with Crippen LogP contribution in [0.15, 0.2) is 4.52 Å². The summed E-state index contributed by atoms with van der Waals surface area (Å²) in [6.45, 7) is 12.1. The number of rotatable bonds is 4. The first kappa shape index (κ1) is 16.9. The number of hydrogen-bond donors (Lipinski definition) is 0. The number of esters is 1. The van der Waals surface area contributed by atoms with Crippen molar-refractivity contribution in [3.8, 4) is 0 Å². The van der Waals surface area contributed by atoms with Crippen molar-refractivity contribution in [3.63, 3.8) is 0 Å². The summed E-state index contributed by atoms with van der Waals surface area (Å²) in [5, 5.41) is 4.08. The number of piperidine rings is 1. The van der Waals surface area contributed by atoms with E-state index < -0.39 is 0 Å². The highest BCUT2D eigenvalue weighted by Gasteiger charge is 2.32. The molecule has 2 heterocycles. The molecule has 2 rings (SSSR count).